The topological polar surface area (TPSA) is 63.7 Å². The first kappa shape index (κ1) is 15.4. The van der Waals surface area contributed by atoms with Crippen LogP contribution in [0.5, 0.6) is 0 Å². The van der Waals surface area contributed by atoms with Gasteiger partial charge in [0.15, 0.2) is 10.9 Å². The van der Waals surface area contributed by atoms with E-state index in [2.05, 4.69) is 15.2 Å². The van der Waals surface area contributed by atoms with Crippen molar-refractivity contribution in [1.29, 1.82) is 0 Å². The molecule has 1 N–H and O–H groups in total. The Kier molecular flexibility index (Phi) is 4.26. The fourth-order valence-electron chi connectivity index (χ4n) is 4.00. The molecule has 1 amide bonds. The van der Waals surface area contributed by atoms with Gasteiger partial charge < -0.3 is 19.7 Å². The highest BCUT2D eigenvalue weighted by molar-refractivity contribution is 7.13. The van der Waals surface area contributed by atoms with Crippen molar-refractivity contribution in [3.63, 3.8) is 0 Å². The summed E-state index contributed by atoms with van der Waals surface area (Å²) >= 11 is 1.60. The Morgan fingerprint density at radius 2 is 2.22 bits per heavy atom. The van der Waals surface area contributed by atoms with E-state index in [1.165, 1.54) is 0 Å². The number of carbonyl (C=O) groups excluding carboxylic acids is 1. The molecule has 7 heteroatoms. The predicted octanol–water partition coefficient (Wildman–Crippen LogP) is 1.91. The summed E-state index contributed by atoms with van der Waals surface area (Å²) in [6.45, 7) is 2.24. The molecule has 3 heterocycles. The van der Waals surface area contributed by atoms with Gasteiger partial charge in [-0.15, -0.1) is 11.3 Å². The van der Waals surface area contributed by atoms with Crippen molar-refractivity contribution in [3.8, 4) is 0 Å². The van der Waals surface area contributed by atoms with Gasteiger partial charge in [-0.1, -0.05) is 0 Å². The highest BCUT2D eigenvalue weighted by Gasteiger charge is 2.42. The lowest BCUT2D eigenvalue weighted by molar-refractivity contribution is -0.182. The molecule has 6 nitrogen and oxygen atoms in total. The summed E-state index contributed by atoms with van der Waals surface area (Å²) in [5, 5.41) is 6.15. The molecule has 2 aliphatic heterocycles. The van der Waals surface area contributed by atoms with E-state index >= 15 is 0 Å². The number of nitrogens with one attached hydrogen (secondary N) is 1. The number of hydrogen-bond donors (Lipinski definition) is 1. The smallest absolute Gasteiger partial charge is 0.243 e. The third-order valence-corrected chi connectivity index (χ3v) is 5.86. The fourth-order valence-corrected chi connectivity index (χ4v) is 4.72. The number of thiazole rings is 1. The highest BCUT2D eigenvalue weighted by atomic mass is 32.1. The van der Waals surface area contributed by atoms with Crippen molar-refractivity contribution in [2.24, 2.45) is 0 Å². The highest BCUT2D eigenvalue weighted by Crippen LogP contribution is 2.36. The Morgan fingerprint density at radius 1 is 1.35 bits per heavy atom. The lowest BCUT2D eigenvalue weighted by Gasteiger charge is -2.37. The molecule has 3 aliphatic rings. The Balaban J connectivity index is 1.39. The van der Waals surface area contributed by atoms with E-state index in [-0.39, 0.29) is 18.0 Å². The normalized spacial score (nSPS) is 30.0. The maximum absolute atomic E-state index is 12.8. The Hall–Kier alpha value is -1.18. The lowest BCUT2D eigenvalue weighted by atomic mass is 9.89. The Bertz CT molecular complexity index is 545. The average molecular weight is 337 g/mol. The first-order valence-corrected chi connectivity index (χ1v) is 9.38. The van der Waals surface area contributed by atoms with E-state index in [1.807, 2.05) is 5.38 Å². The van der Waals surface area contributed by atoms with E-state index in [0.717, 1.165) is 50.2 Å². The van der Waals surface area contributed by atoms with E-state index in [9.17, 15) is 4.79 Å². The molecule has 1 aliphatic carbocycles. The molecule has 1 aromatic heterocycles. The van der Waals surface area contributed by atoms with Gasteiger partial charge in [-0.2, -0.15) is 0 Å². The second-order valence-corrected chi connectivity index (χ2v) is 7.45. The molecule has 1 saturated carbocycles. The van der Waals surface area contributed by atoms with Gasteiger partial charge in [0.1, 0.15) is 6.04 Å². The second kappa shape index (κ2) is 6.37. The second-order valence-electron chi connectivity index (χ2n) is 6.58. The van der Waals surface area contributed by atoms with Crippen LogP contribution in [0.25, 0.3) is 0 Å². The van der Waals surface area contributed by atoms with Gasteiger partial charge in [0.05, 0.1) is 13.2 Å². The zero-order chi connectivity index (χ0) is 15.7. The zero-order valence-electron chi connectivity index (χ0n) is 13.2. The minimum atomic E-state index is -0.444. The SMILES string of the molecule is O=C(NC1CCCC2(C1)OCCO2)C1CCCN1c1nccs1. The van der Waals surface area contributed by atoms with E-state index in [1.54, 1.807) is 17.5 Å². The first-order chi connectivity index (χ1) is 11.3. The molecule has 0 aromatic carbocycles. The van der Waals surface area contributed by atoms with Gasteiger partial charge in [0.25, 0.3) is 0 Å². The van der Waals surface area contributed by atoms with Crippen molar-refractivity contribution in [2.75, 3.05) is 24.7 Å². The Labute approximate surface area is 140 Å². The molecule has 23 heavy (non-hydrogen) atoms. The third-order valence-electron chi connectivity index (χ3n) is 5.05. The summed E-state index contributed by atoms with van der Waals surface area (Å²) in [5.74, 6) is -0.321. The maximum atomic E-state index is 12.8. The van der Waals surface area contributed by atoms with Crippen LogP contribution in [0.1, 0.15) is 38.5 Å². The average Bonchev–Trinajstić information content (AvgIpc) is 3.28. The number of rotatable bonds is 3. The summed E-state index contributed by atoms with van der Waals surface area (Å²) in [5.41, 5.74) is 0. The van der Waals surface area contributed by atoms with Gasteiger partial charge in [-0.3, -0.25) is 4.79 Å². The third kappa shape index (κ3) is 3.09. The maximum Gasteiger partial charge on any atom is 0.243 e. The summed E-state index contributed by atoms with van der Waals surface area (Å²) in [7, 11) is 0. The quantitative estimate of drug-likeness (QED) is 0.913. The van der Waals surface area contributed by atoms with Crippen LogP contribution in [-0.4, -0.2) is 48.5 Å². The number of carbonyl (C=O) groups is 1. The van der Waals surface area contributed by atoms with Crippen molar-refractivity contribution >= 4 is 22.4 Å². The van der Waals surface area contributed by atoms with Gasteiger partial charge >= 0.3 is 0 Å². The van der Waals surface area contributed by atoms with Crippen LogP contribution < -0.4 is 10.2 Å². The summed E-state index contributed by atoms with van der Waals surface area (Å²) in [6.07, 6.45) is 7.48. The van der Waals surface area contributed by atoms with Gasteiger partial charge in [-0.05, 0) is 25.7 Å². The van der Waals surface area contributed by atoms with Gasteiger partial charge in [0, 0.05) is 37.0 Å². The van der Waals surface area contributed by atoms with Crippen LogP contribution in [0, 0.1) is 0 Å². The van der Waals surface area contributed by atoms with Crippen LogP contribution in [0.15, 0.2) is 11.6 Å². The molecule has 2 unspecified atom stereocenters. The van der Waals surface area contributed by atoms with Crippen molar-refractivity contribution in [1.82, 2.24) is 10.3 Å². The number of amides is 1. The fraction of sp³-hybridized carbons (Fsp3) is 0.750. The Morgan fingerprint density at radius 3 is 3.00 bits per heavy atom. The van der Waals surface area contributed by atoms with Crippen LogP contribution in [0.3, 0.4) is 0 Å². The van der Waals surface area contributed by atoms with E-state index < -0.39 is 5.79 Å². The van der Waals surface area contributed by atoms with Gasteiger partial charge in [0.2, 0.25) is 5.91 Å². The molecule has 1 spiro atoms. The molecule has 2 saturated heterocycles. The minimum absolute atomic E-state index is 0.0931. The minimum Gasteiger partial charge on any atom is -0.351 e. The largest absolute Gasteiger partial charge is 0.351 e. The van der Waals surface area contributed by atoms with Crippen molar-refractivity contribution in [3.05, 3.63) is 11.6 Å². The molecular weight excluding hydrogens is 314 g/mol. The predicted molar refractivity (Wildman–Crippen MR) is 87.5 cm³/mol. The van der Waals surface area contributed by atoms with Crippen molar-refractivity contribution in [2.45, 2.75) is 56.4 Å². The summed E-state index contributed by atoms with van der Waals surface area (Å²) in [4.78, 5) is 19.3. The number of hydrogen-bond acceptors (Lipinski definition) is 6. The zero-order valence-corrected chi connectivity index (χ0v) is 14.0. The molecule has 126 valence electrons. The lowest BCUT2D eigenvalue weighted by Crippen LogP contribution is -2.51. The number of ether oxygens (including phenoxy) is 2. The standard InChI is InChI=1S/C16H23N3O3S/c20-14(13-4-2-7-19(13)15-17-6-10-23-15)18-12-3-1-5-16(11-12)21-8-9-22-16/h6,10,12-13H,1-5,7-9,11H2,(H,18,20). The molecule has 3 fully saturated rings. The van der Waals surface area contributed by atoms with Crippen LogP contribution in [0.2, 0.25) is 0 Å². The molecule has 0 bridgehead atoms. The molecule has 4 rings (SSSR count). The van der Waals surface area contributed by atoms with E-state index in [4.69, 9.17) is 9.47 Å². The van der Waals surface area contributed by atoms with Crippen LogP contribution in [-0.2, 0) is 14.3 Å². The number of nitrogens with zero attached hydrogens (tertiary/aromatic N) is 2. The van der Waals surface area contributed by atoms with Gasteiger partial charge in [-0.25, -0.2) is 4.98 Å². The van der Waals surface area contributed by atoms with Crippen LogP contribution >= 0.6 is 11.3 Å². The van der Waals surface area contributed by atoms with E-state index in [0.29, 0.717) is 13.2 Å². The number of aromatic nitrogens is 1. The molecule has 1 aromatic rings. The molecule has 0 radical (unpaired) electrons. The van der Waals surface area contributed by atoms with Crippen LogP contribution in [0.4, 0.5) is 5.13 Å². The summed E-state index contributed by atoms with van der Waals surface area (Å²) < 4.78 is 11.6. The molecular formula is C16H23N3O3S. The number of anilines is 1. The monoisotopic (exact) mass is 337 g/mol. The van der Waals surface area contributed by atoms with Crippen molar-refractivity contribution < 1.29 is 14.3 Å². The molecule has 2 atom stereocenters. The first-order valence-electron chi connectivity index (χ1n) is 8.50. The summed E-state index contributed by atoms with van der Waals surface area (Å²) in [6, 6.07) is 0.0533.